The zero-order chi connectivity index (χ0) is 15.1. The molecule has 1 aromatic rings. The van der Waals surface area contributed by atoms with Crippen LogP contribution in [-0.2, 0) is 11.0 Å². The van der Waals surface area contributed by atoms with Crippen LogP contribution in [0.2, 0.25) is 0 Å². The molecule has 0 fully saturated rings. The molecule has 0 bridgehead atoms. The number of rotatable bonds is 3. The lowest BCUT2D eigenvalue weighted by molar-refractivity contribution is -0.385. The maximum absolute atomic E-state index is 12.4. The van der Waals surface area contributed by atoms with Crippen molar-refractivity contribution in [1.82, 2.24) is 0 Å². The van der Waals surface area contributed by atoms with Crippen molar-refractivity contribution in [3.05, 3.63) is 33.9 Å². The summed E-state index contributed by atoms with van der Waals surface area (Å²) in [6.07, 6.45) is -3.09. The van der Waals surface area contributed by atoms with Gasteiger partial charge >= 0.3 is 6.18 Å². The minimum absolute atomic E-state index is 0.187. The Morgan fingerprint density at radius 2 is 1.95 bits per heavy atom. The number of aldehydes is 1. The van der Waals surface area contributed by atoms with E-state index in [1.807, 2.05) is 6.92 Å². The summed E-state index contributed by atoms with van der Waals surface area (Å²) >= 11 is 0. The summed E-state index contributed by atoms with van der Waals surface area (Å²) in [5.41, 5.74) is -1.81. The number of hydrogen-bond donors (Lipinski definition) is 1. The van der Waals surface area contributed by atoms with Gasteiger partial charge in [-0.05, 0) is 6.07 Å². The van der Waals surface area contributed by atoms with E-state index in [2.05, 4.69) is 5.32 Å². The number of nitro groups is 1. The van der Waals surface area contributed by atoms with Crippen molar-refractivity contribution in [2.75, 3.05) is 12.4 Å². The maximum atomic E-state index is 12.4. The van der Waals surface area contributed by atoms with Crippen molar-refractivity contribution in [2.45, 2.75) is 19.5 Å². The fourth-order valence-corrected chi connectivity index (χ4v) is 1.10. The molecule has 0 atom stereocenters. The van der Waals surface area contributed by atoms with Gasteiger partial charge in [-0.15, -0.1) is 0 Å². The summed E-state index contributed by atoms with van der Waals surface area (Å²) in [6.45, 7) is 1.81. The van der Waals surface area contributed by atoms with E-state index in [0.717, 1.165) is 18.4 Å². The number of carbonyl (C=O) groups excluding carboxylic acids is 1. The molecule has 0 saturated carbocycles. The molecule has 0 spiro atoms. The number of nitro benzene ring substituents is 1. The molecule has 0 aliphatic rings. The number of nitrogens with one attached hydrogen (secondary N) is 1. The number of hydrogen-bond acceptors (Lipinski definition) is 4. The second-order valence-corrected chi connectivity index (χ2v) is 3.31. The van der Waals surface area contributed by atoms with Crippen LogP contribution in [-0.4, -0.2) is 18.3 Å². The lowest BCUT2D eigenvalue weighted by Gasteiger charge is -2.11. The predicted octanol–water partition coefficient (Wildman–Crippen LogP) is 3.25. The molecule has 1 rings (SSSR count). The topological polar surface area (TPSA) is 72.2 Å². The molecular formula is C11H13F3N2O3. The first kappa shape index (κ1) is 16.9. The molecule has 0 aromatic heterocycles. The summed E-state index contributed by atoms with van der Waals surface area (Å²) in [7, 11) is 1.32. The molecule has 0 radical (unpaired) electrons. The number of non-ortho nitro benzene ring substituents is 1. The Balaban J connectivity index is 0.000000711. The number of carbonyl (C=O) groups is 1. The van der Waals surface area contributed by atoms with Gasteiger partial charge in [0.1, 0.15) is 6.29 Å². The largest absolute Gasteiger partial charge is 0.418 e. The van der Waals surface area contributed by atoms with Crippen molar-refractivity contribution in [3.8, 4) is 0 Å². The zero-order valence-corrected chi connectivity index (χ0v) is 10.3. The molecular weight excluding hydrogens is 265 g/mol. The van der Waals surface area contributed by atoms with Gasteiger partial charge in [0.25, 0.3) is 5.69 Å². The van der Waals surface area contributed by atoms with Gasteiger partial charge in [-0.3, -0.25) is 10.1 Å². The van der Waals surface area contributed by atoms with Crippen molar-refractivity contribution in [3.63, 3.8) is 0 Å². The first-order valence-electron chi connectivity index (χ1n) is 5.24. The Hall–Kier alpha value is -2.12. The third-order valence-corrected chi connectivity index (χ3v) is 1.96. The Kier molecular flexibility index (Phi) is 6.53. The molecule has 19 heavy (non-hydrogen) atoms. The lowest BCUT2D eigenvalue weighted by Crippen LogP contribution is -2.09. The van der Waals surface area contributed by atoms with E-state index in [4.69, 9.17) is 0 Å². The van der Waals surface area contributed by atoms with Gasteiger partial charge in [0.2, 0.25) is 0 Å². The fourth-order valence-electron chi connectivity index (χ4n) is 1.10. The number of anilines is 1. The number of benzene rings is 1. The second kappa shape index (κ2) is 7.34. The summed E-state index contributed by atoms with van der Waals surface area (Å²) < 4.78 is 37.2. The van der Waals surface area contributed by atoms with Gasteiger partial charge < -0.3 is 10.1 Å². The van der Waals surface area contributed by atoms with E-state index in [1.165, 1.54) is 7.05 Å². The van der Waals surface area contributed by atoms with E-state index in [9.17, 15) is 28.1 Å². The fraction of sp³-hybridized carbons (Fsp3) is 0.364. The van der Waals surface area contributed by atoms with Crippen LogP contribution in [0.4, 0.5) is 24.5 Å². The number of halogens is 3. The van der Waals surface area contributed by atoms with Crippen LogP contribution in [0.3, 0.4) is 0 Å². The van der Waals surface area contributed by atoms with Crippen LogP contribution in [0.5, 0.6) is 0 Å². The average molecular weight is 278 g/mol. The van der Waals surface area contributed by atoms with Crippen LogP contribution < -0.4 is 5.32 Å². The highest BCUT2D eigenvalue weighted by Gasteiger charge is 2.34. The van der Waals surface area contributed by atoms with E-state index in [-0.39, 0.29) is 5.69 Å². The zero-order valence-electron chi connectivity index (χ0n) is 10.3. The Bertz CT molecular complexity index is 447. The monoisotopic (exact) mass is 278 g/mol. The highest BCUT2D eigenvalue weighted by molar-refractivity contribution is 5.56. The first-order valence-corrected chi connectivity index (χ1v) is 5.24. The minimum atomic E-state index is -4.61. The standard InChI is InChI=1S/C8H7F3N2O2.C3H6O/c1-12-7-3-2-5(13(14)15)4-6(7)8(9,10)11;1-2-3-4/h2-4,12H,1H3;3H,2H2,1H3. The van der Waals surface area contributed by atoms with Crippen LogP contribution in [0.15, 0.2) is 18.2 Å². The Morgan fingerprint density at radius 1 is 1.42 bits per heavy atom. The van der Waals surface area contributed by atoms with E-state index in [0.29, 0.717) is 12.5 Å². The third kappa shape index (κ3) is 5.36. The molecule has 0 unspecified atom stereocenters. The van der Waals surface area contributed by atoms with Gasteiger partial charge in [-0.2, -0.15) is 13.2 Å². The number of alkyl halides is 3. The summed E-state index contributed by atoms with van der Waals surface area (Å²) in [5, 5.41) is 12.6. The highest BCUT2D eigenvalue weighted by Crippen LogP contribution is 2.36. The maximum Gasteiger partial charge on any atom is 0.418 e. The first-order chi connectivity index (χ1) is 8.77. The molecule has 1 aromatic carbocycles. The Labute approximate surface area is 107 Å². The molecule has 8 heteroatoms. The summed E-state index contributed by atoms with van der Waals surface area (Å²) in [4.78, 5) is 18.6. The van der Waals surface area contributed by atoms with Crippen LogP contribution >= 0.6 is 0 Å². The van der Waals surface area contributed by atoms with Gasteiger partial charge in [0, 0.05) is 31.3 Å². The molecule has 0 saturated heterocycles. The molecule has 5 nitrogen and oxygen atoms in total. The van der Waals surface area contributed by atoms with E-state index >= 15 is 0 Å². The molecule has 0 aliphatic heterocycles. The smallest absolute Gasteiger partial charge is 0.388 e. The van der Waals surface area contributed by atoms with Gasteiger partial charge in [0.15, 0.2) is 0 Å². The third-order valence-electron chi connectivity index (χ3n) is 1.96. The van der Waals surface area contributed by atoms with Crippen LogP contribution in [0.25, 0.3) is 0 Å². The van der Waals surface area contributed by atoms with E-state index in [1.54, 1.807) is 0 Å². The number of nitrogens with zero attached hydrogens (tertiary/aromatic N) is 1. The van der Waals surface area contributed by atoms with Crippen molar-refractivity contribution < 1.29 is 22.9 Å². The molecule has 0 amide bonds. The predicted molar refractivity (Wildman–Crippen MR) is 64.0 cm³/mol. The van der Waals surface area contributed by atoms with Crippen LogP contribution in [0.1, 0.15) is 18.9 Å². The van der Waals surface area contributed by atoms with Crippen molar-refractivity contribution in [1.29, 1.82) is 0 Å². The van der Waals surface area contributed by atoms with Gasteiger partial charge in [-0.1, -0.05) is 6.92 Å². The quantitative estimate of drug-likeness (QED) is 0.523. The highest BCUT2D eigenvalue weighted by atomic mass is 19.4. The lowest BCUT2D eigenvalue weighted by atomic mass is 10.1. The second-order valence-electron chi connectivity index (χ2n) is 3.31. The Morgan fingerprint density at radius 3 is 2.26 bits per heavy atom. The molecule has 106 valence electrons. The van der Waals surface area contributed by atoms with E-state index < -0.39 is 22.4 Å². The molecule has 1 N–H and O–H groups in total. The summed E-state index contributed by atoms with van der Waals surface area (Å²) in [6, 6.07) is 2.55. The van der Waals surface area contributed by atoms with Crippen LogP contribution in [0, 0.1) is 10.1 Å². The minimum Gasteiger partial charge on any atom is -0.388 e. The van der Waals surface area contributed by atoms with Gasteiger partial charge in [0.05, 0.1) is 10.5 Å². The summed E-state index contributed by atoms with van der Waals surface area (Å²) in [5.74, 6) is 0. The SMILES string of the molecule is CCC=O.CNc1ccc([N+](=O)[O-])cc1C(F)(F)F. The van der Waals surface area contributed by atoms with Crippen molar-refractivity contribution >= 4 is 17.7 Å². The van der Waals surface area contributed by atoms with Gasteiger partial charge in [-0.25, -0.2) is 0 Å². The molecule has 0 heterocycles. The average Bonchev–Trinajstić information content (AvgIpc) is 2.37. The molecule has 0 aliphatic carbocycles. The normalized spacial score (nSPS) is 10.2. The van der Waals surface area contributed by atoms with Crippen molar-refractivity contribution in [2.24, 2.45) is 0 Å².